The van der Waals surface area contributed by atoms with Crippen LogP contribution in [0.3, 0.4) is 0 Å². The average Bonchev–Trinajstić information content (AvgIpc) is 2.74. The molecule has 1 amide bonds. The van der Waals surface area contributed by atoms with E-state index in [2.05, 4.69) is 19.8 Å². The molecular weight excluding hydrogens is 342 g/mol. The molecule has 1 aromatic rings. The molecule has 27 heavy (non-hydrogen) atoms. The van der Waals surface area contributed by atoms with Gasteiger partial charge >= 0.3 is 0 Å². The number of likely N-dealkylation sites (tertiary alicyclic amines) is 1. The second-order valence-corrected chi connectivity index (χ2v) is 7.96. The zero-order chi connectivity index (χ0) is 18.6. The summed E-state index contributed by atoms with van der Waals surface area (Å²) in [7, 11) is 0. The van der Waals surface area contributed by atoms with Crippen LogP contribution in [0.25, 0.3) is 0 Å². The van der Waals surface area contributed by atoms with Gasteiger partial charge in [-0.05, 0) is 39.2 Å². The average molecular weight is 374 g/mol. The van der Waals surface area contributed by atoms with E-state index in [0.717, 1.165) is 76.5 Å². The highest BCUT2D eigenvalue weighted by atomic mass is 16.5. The predicted octanol–water partition coefficient (Wildman–Crippen LogP) is 1.32. The molecule has 4 rings (SSSR count). The molecule has 7 heteroatoms. The second-order valence-electron chi connectivity index (χ2n) is 7.96. The lowest BCUT2D eigenvalue weighted by molar-refractivity contribution is -0.141. The van der Waals surface area contributed by atoms with E-state index in [4.69, 9.17) is 4.74 Å². The predicted molar refractivity (Wildman–Crippen MR) is 104 cm³/mol. The molecule has 1 unspecified atom stereocenters. The van der Waals surface area contributed by atoms with Gasteiger partial charge in [0.2, 0.25) is 5.91 Å². The molecule has 148 valence electrons. The SMILES string of the molecule is Cc1nccnc1N1CCC(N2CCCC(C(=O)N3CCOCC3)C2)CC1. The number of nitrogens with zero attached hydrogens (tertiary/aromatic N) is 5. The molecule has 3 aliphatic rings. The molecule has 4 heterocycles. The largest absolute Gasteiger partial charge is 0.378 e. The van der Waals surface area contributed by atoms with Crippen LogP contribution in [0.4, 0.5) is 5.82 Å². The number of morpholine rings is 1. The smallest absolute Gasteiger partial charge is 0.227 e. The fraction of sp³-hybridized carbons (Fsp3) is 0.750. The van der Waals surface area contributed by atoms with Crippen LogP contribution in [0.2, 0.25) is 0 Å². The van der Waals surface area contributed by atoms with E-state index >= 15 is 0 Å². The fourth-order valence-corrected chi connectivity index (χ4v) is 4.74. The number of hydrogen-bond donors (Lipinski definition) is 0. The molecular formula is C20H31N5O2. The first kappa shape index (κ1) is 18.6. The first-order chi connectivity index (χ1) is 13.2. The van der Waals surface area contributed by atoms with Crippen molar-refractivity contribution in [2.45, 2.75) is 38.6 Å². The summed E-state index contributed by atoms with van der Waals surface area (Å²) in [5.41, 5.74) is 1.00. The maximum absolute atomic E-state index is 12.9. The molecule has 0 bridgehead atoms. The van der Waals surface area contributed by atoms with Crippen LogP contribution in [0.1, 0.15) is 31.4 Å². The van der Waals surface area contributed by atoms with Gasteiger partial charge in [-0.1, -0.05) is 0 Å². The number of rotatable bonds is 3. The third-order valence-corrected chi connectivity index (χ3v) is 6.26. The van der Waals surface area contributed by atoms with E-state index in [1.165, 1.54) is 0 Å². The number of carbonyl (C=O) groups excluding carboxylic acids is 1. The van der Waals surface area contributed by atoms with Crippen molar-refractivity contribution in [2.75, 3.05) is 57.4 Å². The Morgan fingerprint density at radius 3 is 2.52 bits per heavy atom. The van der Waals surface area contributed by atoms with Crippen LogP contribution in [-0.2, 0) is 9.53 Å². The highest BCUT2D eigenvalue weighted by molar-refractivity contribution is 5.79. The molecule has 1 atom stereocenters. The van der Waals surface area contributed by atoms with Crippen molar-refractivity contribution in [3.05, 3.63) is 18.1 Å². The van der Waals surface area contributed by atoms with Gasteiger partial charge in [-0.2, -0.15) is 0 Å². The van der Waals surface area contributed by atoms with E-state index < -0.39 is 0 Å². The molecule has 0 N–H and O–H groups in total. The zero-order valence-electron chi connectivity index (χ0n) is 16.3. The molecule has 3 fully saturated rings. The van der Waals surface area contributed by atoms with Gasteiger partial charge in [0.1, 0.15) is 5.82 Å². The first-order valence-electron chi connectivity index (χ1n) is 10.4. The minimum absolute atomic E-state index is 0.164. The van der Waals surface area contributed by atoms with E-state index in [1.807, 2.05) is 11.8 Å². The van der Waals surface area contributed by atoms with Gasteiger partial charge in [0.25, 0.3) is 0 Å². The lowest BCUT2D eigenvalue weighted by atomic mass is 9.92. The summed E-state index contributed by atoms with van der Waals surface area (Å²) in [4.78, 5) is 28.7. The van der Waals surface area contributed by atoms with Crippen LogP contribution in [0.5, 0.6) is 0 Å². The van der Waals surface area contributed by atoms with Crippen molar-refractivity contribution in [1.29, 1.82) is 0 Å². The van der Waals surface area contributed by atoms with Crippen LogP contribution in [-0.4, -0.2) is 84.2 Å². The summed E-state index contributed by atoms with van der Waals surface area (Å²) in [5, 5.41) is 0. The number of amides is 1. The lowest BCUT2D eigenvalue weighted by Gasteiger charge is -2.43. The van der Waals surface area contributed by atoms with Gasteiger partial charge in [-0.25, -0.2) is 4.98 Å². The number of anilines is 1. The second kappa shape index (κ2) is 8.52. The summed E-state index contributed by atoms with van der Waals surface area (Å²) in [5.74, 6) is 1.53. The summed E-state index contributed by atoms with van der Waals surface area (Å²) < 4.78 is 5.39. The minimum atomic E-state index is 0.164. The maximum Gasteiger partial charge on any atom is 0.227 e. The molecule has 1 aromatic heterocycles. The highest BCUT2D eigenvalue weighted by Gasteiger charge is 2.34. The fourth-order valence-electron chi connectivity index (χ4n) is 4.74. The Hall–Kier alpha value is -1.73. The van der Waals surface area contributed by atoms with Gasteiger partial charge in [-0.3, -0.25) is 14.7 Å². The Morgan fingerprint density at radius 2 is 1.78 bits per heavy atom. The lowest BCUT2D eigenvalue weighted by Crippen LogP contribution is -2.52. The number of ether oxygens (including phenoxy) is 1. The quantitative estimate of drug-likeness (QED) is 0.797. The van der Waals surface area contributed by atoms with E-state index in [0.29, 0.717) is 25.2 Å². The zero-order valence-corrected chi connectivity index (χ0v) is 16.3. The van der Waals surface area contributed by atoms with E-state index in [9.17, 15) is 4.79 Å². The molecule has 7 nitrogen and oxygen atoms in total. The summed E-state index contributed by atoms with van der Waals surface area (Å²) in [6.45, 7) is 8.99. The number of aryl methyl sites for hydroxylation is 1. The first-order valence-corrected chi connectivity index (χ1v) is 10.4. The van der Waals surface area contributed by atoms with Gasteiger partial charge in [0.05, 0.1) is 24.8 Å². The Kier molecular flexibility index (Phi) is 5.88. The van der Waals surface area contributed by atoms with Crippen LogP contribution in [0, 0.1) is 12.8 Å². The molecule has 3 saturated heterocycles. The normalized spacial score (nSPS) is 25.6. The standard InChI is InChI=1S/C20H31N5O2/c1-16-19(22-7-6-21-16)23-9-4-18(5-10-23)25-8-2-3-17(15-25)20(26)24-11-13-27-14-12-24/h6-7,17-18H,2-5,8-15H2,1H3. The van der Waals surface area contributed by atoms with Crippen molar-refractivity contribution < 1.29 is 9.53 Å². The summed E-state index contributed by atoms with van der Waals surface area (Å²) in [6.07, 6.45) is 7.96. The van der Waals surface area contributed by atoms with Crippen molar-refractivity contribution in [3.63, 3.8) is 0 Å². The molecule has 0 spiro atoms. The monoisotopic (exact) mass is 373 g/mol. The minimum Gasteiger partial charge on any atom is -0.378 e. The van der Waals surface area contributed by atoms with Gasteiger partial charge in [0, 0.05) is 51.2 Å². The van der Waals surface area contributed by atoms with Crippen LogP contribution >= 0.6 is 0 Å². The number of carbonyl (C=O) groups is 1. The van der Waals surface area contributed by atoms with Gasteiger partial charge in [0.15, 0.2) is 0 Å². The number of aromatic nitrogens is 2. The molecule has 0 saturated carbocycles. The Balaban J connectivity index is 1.31. The molecule has 0 radical (unpaired) electrons. The van der Waals surface area contributed by atoms with Crippen molar-refractivity contribution in [3.8, 4) is 0 Å². The van der Waals surface area contributed by atoms with E-state index in [-0.39, 0.29) is 5.92 Å². The summed E-state index contributed by atoms with van der Waals surface area (Å²) in [6, 6.07) is 0.582. The van der Waals surface area contributed by atoms with Crippen molar-refractivity contribution in [1.82, 2.24) is 19.8 Å². The van der Waals surface area contributed by atoms with Crippen molar-refractivity contribution in [2.24, 2.45) is 5.92 Å². The van der Waals surface area contributed by atoms with Crippen LogP contribution in [0.15, 0.2) is 12.4 Å². The number of hydrogen-bond acceptors (Lipinski definition) is 6. The summed E-state index contributed by atoms with van der Waals surface area (Å²) >= 11 is 0. The van der Waals surface area contributed by atoms with Gasteiger partial charge < -0.3 is 14.5 Å². The Morgan fingerprint density at radius 1 is 1.04 bits per heavy atom. The number of piperidine rings is 2. The Labute approximate surface area is 161 Å². The van der Waals surface area contributed by atoms with E-state index in [1.54, 1.807) is 12.4 Å². The highest BCUT2D eigenvalue weighted by Crippen LogP contribution is 2.27. The third kappa shape index (κ3) is 4.24. The van der Waals surface area contributed by atoms with Crippen molar-refractivity contribution >= 4 is 11.7 Å². The molecule has 3 aliphatic heterocycles. The van der Waals surface area contributed by atoms with Gasteiger partial charge in [-0.15, -0.1) is 0 Å². The molecule has 0 aromatic carbocycles. The maximum atomic E-state index is 12.9. The molecule has 0 aliphatic carbocycles. The third-order valence-electron chi connectivity index (χ3n) is 6.26. The topological polar surface area (TPSA) is 61.8 Å². The Bertz CT molecular complexity index is 641. The van der Waals surface area contributed by atoms with Crippen LogP contribution < -0.4 is 4.90 Å².